The molecule has 1 heterocycles. The van der Waals surface area contributed by atoms with Gasteiger partial charge in [0.2, 0.25) is 0 Å². The molecule has 1 aromatic rings. The molecule has 1 rings (SSSR count). The highest BCUT2D eigenvalue weighted by molar-refractivity contribution is 7.80. The lowest BCUT2D eigenvalue weighted by Crippen LogP contribution is -2.21. The minimum Gasteiger partial charge on any atom is -0.389 e. The van der Waals surface area contributed by atoms with Crippen molar-refractivity contribution in [1.29, 1.82) is 0 Å². The van der Waals surface area contributed by atoms with E-state index in [2.05, 4.69) is 4.98 Å². The smallest absolute Gasteiger partial charge is 0.138 e. The number of aromatic nitrogens is 1. The average Bonchev–Trinajstić information content (AvgIpc) is 2.01. The molecule has 0 aliphatic heterocycles. The molecule has 0 saturated heterocycles. The molecule has 1 aromatic heterocycles. The molecule has 0 fully saturated rings. The molecule has 0 aliphatic carbocycles. The SMILES string of the molecule is Cc1cc(C)c(C(N)=S)c(N(C)C)n1. The minimum atomic E-state index is 0.402. The number of aryl methyl sites for hydroxylation is 2. The summed E-state index contributed by atoms with van der Waals surface area (Å²) in [6.07, 6.45) is 0. The van der Waals surface area contributed by atoms with Crippen LogP contribution < -0.4 is 10.6 Å². The van der Waals surface area contributed by atoms with Gasteiger partial charge in [0.15, 0.2) is 0 Å². The molecule has 4 heteroatoms. The van der Waals surface area contributed by atoms with Crippen LogP contribution in [0.1, 0.15) is 16.8 Å². The molecule has 0 radical (unpaired) electrons. The largest absolute Gasteiger partial charge is 0.389 e. The van der Waals surface area contributed by atoms with Gasteiger partial charge in [0.25, 0.3) is 0 Å². The molecule has 0 saturated carbocycles. The van der Waals surface area contributed by atoms with Gasteiger partial charge < -0.3 is 10.6 Å². The fourth-order valence-electron chi connectivity index (χ4n) is 1.45. The van der Waals surface area contributed by atoms with Crippen molar-refractivity contribution in [1.82, 2.24) is 4.98 Å². The second kappa shape index (κ2) is 3.92. The molecular formula is C10H15N3S. The van der Waals surface area contributed by atoms with Crippen LogP contribution in [-0.2, 0) is 0 Å². The van der Waals surface area contributed by atoms with E-state index in [0.717, 1.165) is 22.6 Å². The number of hydrogen-bond acceptors (Lipinski definition) is 3. The average molecular weight is 209 g/mol. The van der Waals surface area contributed by atoms with Gasteiger partial charge in [0, 0.05) is 19.8 Å². The summed E-state index contributed by atoms with van der Waals surface area (Å²) in [6.45, 7) is 3.96. The number of nitrogens with two attached hydrogens (primary N) is 1. The lowest BCUT2D eigenvalue weighted by molar-refractivity contribution is 1.03. The van der Waals surface area contributed by atoms with Crippen LogP contribution in [0.5, 0.6) is 0 Å². The van der Waals surface area contributed by atoms with E-state index in [0.29, 0.717) is 4.99 Å². The lowest BCUT2D eigenvalue weighted by atomic mass is 10.1. The van der Waals surface area contributed by atoms with Gasteiger partial charge in [0.05, 0.1) is 5.56 Å². The molecule has 3 nitrogen and oxygen atoms in total. The Morgan fingerprint density at radius 2 is 2.00 bits per heavy atom. The zero-order chi connectivity index (χ0) is 10.9. The Balaban J connectivity index is 3.44. The first kappa shape index (κ1) is 10.9. The summed E-state index contributed by atoms with van der Waals surface area (Å²) in [7, 11) is 3.87. The highest BCUT2D eigenvalue weighted by Crippen LogP contribution is 2.20. The minimum absolute atomic E-state index is 0.402. The quantitative estimate of drug-likeness (QED) is 0.748. The van der Waals surface area contributed by atoms with Gasteiger partial charge in [-0.2, -0.15) is 0 Å². The van der Waals surface area contributed by atoms with Crippen LogP contribution in [0.25, 0.3) is 0 Å². The molecule has 76 valence electrons. The number of hydrogen-bond donors (Lipinski definition) is 1. The molecule has 0 aliphatic rings. The summed E-state index contributed by atoms with van der Waals surface area (Å²) in [5.74, 6) is 0.843. The summed E-state index contributed by atoms with van der Waals surface area (Å²) < 4.78 is 0. The molecule has 0 amide bonds. The summed E-state index contributed by atoms with van der Waals surface area (Å²) >= 11 is 5.01. The van der Waals surface area contributed by atoms with Gasteiger partial charge in [-0.1, -0.05) is 12.2 Å². The number of pyridine rings is 1. The van der Waals surface area contributed by atoms with Crippen LogP contribution in [0.4, 0.5) is 5.82 Å². The maximum Gasteiger partial charge on any atom is 0.138 e. The highest BCUT2D eigenvalue weighted by atomic mass is 32.1. The molecule has 0 unspecified atom stereocenters. The van der Waals surface area contributed by atoms with Gasteiger partial charge in [-0.15, -0.1) is 0 Å². The Hall–Kier alpha value is -1.16. The van der Waals surface area contributed by atoms with E-state index >= 15 is 0 Å². The fraction of sp³-hybridized carbons (Fsp3) is 0.400. The Kier molecular flexibility index (Phi) is 3.06. The van der Waals surface area contributed by atoms with Crippen molar-refractivity contribution in [2.45, 2.75) is 13.8 Å². The van der Waals surface area contributed by atoms with E-state index in [4.69, 9.17) is 18.0 Å². The predicted molar refractivity (Wildman–Crippen MR) is 63.9 cm³/mol. The van der Waals surface area contributed by atoms with Gasteiger partial charge in [-0.25, -0.2) is 4.98 Å². The third-order valence-corrected chi connectivity index (χ3v) is 2.20. The van der Waals surface area contributed by atoms with E-state index in [-0.39, 0.29) is 0 Å². The Morgan fingerprint density at radius 3 is 2.43 bits per heavy atom. The monoisotopic (exact) mass is 209 g/mol. The third-order valence-electron chi connectivity index (χ3n) is 2.00. The van der Waals surface area contributed by atoms with E-state index in [9.17, 15) is 0 Å². The maximum absolute atomic E-state index is 5.67. The lowest BCUT2D eigenvalue weighted by Gasteiger charge is -2.18. The maximum atomic E-state index is 5.67. The highest BCUT2D eigenvalue weighted by Gasteiger charge is 2.12. The first-order valence-electron chi connectivity index (χ1n) is 4.39. The fourth-order valence-corrected chi connectivity index (χ4v) is 1.70. The molecular weight excluding hydrogens is 194 g/mol. The van der Waals surface area contributed by atoms with Crippen LogP contribution in [0.15, 0.2) is 6.07 Å². The second-order valence-corrected chi connectivity index (χ2v) is 3.98. The van der Waals surface area contributed by atoms with E-state index in [1.807, 2.05) is 38.9 Å². The molecule has 2 N–H and O–H groups in total. The Labute approximate surface area is 89.9 Å². The van der Waals surface area contributed by atoms with Gasteiger partial charge >= 0.3 is 0 Å². The normalized spacial score (nSPS) is 10.0. The van der Waals surface area contributed by atoms with Crippen molar-refractivity contribution < 1.29 is 0 Å². The third kappa shape index (κ3) is 2.01. The Morgan fingerprint density at radius 1 is 1.43 bits per heavy atom. The number of anilines is 1. The Bertz CT molecular complexity index is 372. The number of nitrogens with zero attached hydrogens (tertiary/aromatic N) is 2. The van der Waals surface area contributed by atoms with Crippen molar-refractivity contribution in [3.05, 3.63) is 22.9 Å². The van der Waals surface area contributed by atoms with Crippen LogP contribution in [0.2, 0.25) is 0 Å². The van der Waals surface area contributed by atoms with E-state index in [1.54, 1.807) is 0 Å². The summed E-state index contributed by atoms with van der Waals surface area (Å²) in [5, 5.41) is 0. The van der Waals surface area contributed by atoms with Gasteiger partial charge in [-0.3, -0.25) is 0 Å². The van der Waals surface area contributed by atoms with Crippen molar-refractivity contribution in [3.63, 3.8) is 0 Å². The van der Waals surface area contributed by atoms with Crippen molar-refractivity contribution >= 4 is 23.0 Å². The molecule has 0 atom stereocenters. The zero-order valence-electron chi connectivity index (χ0n) is 8.96. The molecule has 0 spiro atoms. The first-order valence-corrected chi connectivity index (χ1v) is 4.79. The van der Waals surface area contributed by atoms with Crippen molar-refractivity contribution in [2.24, 2.45) is 5.73 Å². The van der Waals surface area contributed by atoms with E-state index in [1.165, 1.54) is 0 Å². The van der Waals surface area contributed by atoms with Crippen molar-refractivity contribution in [3.8, 4) is 0 Å². The summed E-state index contributed by atoms with van der Waals surface area (Å²) in [6, 6.07) is 1.99. The standard InChI is InChI=1S/C10H15N3S/c1-6-5-7(2)12-10(13(3)4)8(6)9(11)14/h5H,1-4H3,(H2,11,14). The van der Waals surface area contributed by atoms with Crippen LogP contribution in [0.3, 0.4) is 0 Å². The van der Waals surface area contributed by atoms with Crippen LogP contribution in [0, 0.1) is 13.8 Å². The van der Waals surface area contributed by atoms with Crippen LogP contribution in [-0.4, -0.2) is 24.1 Å². The summed E-state index contributed by atoms with van der Waals surface area (Å²) in [4.78, 5) is 6.74. The summed E-state index contributed by atoms with van der Waals surface area (Å²) in [5.41, 5.74) is 8.59. The topological polar surface area (TPSA) is 42.1 Å². The molecule has 0 bridgehead atoms. The second-order valence-electron chi connectivity index (χ2n) is 3.54. The molecule has 0 aromatic carbocycles. The van der Waals surface area contributed by atoms with Crippen molar-refractivity contribution in [2.75, 3.05) is 19.0 Å². The number of rotatable bonds is 2. The van der Waals surface area contributed by atoms with Crippen LogP contribution >= 0.6 is 12.2 Å². The van der Waals surface area contributed by atoms with Gasteiger partial charge in [-0.05, 0) is 25.5 Å². The van der Waals surface area contributed by atoms with E-state index < -0.39 is 0 Å². The van der Waals surface area contributed by atoms with Gasteiger partial charge in [0.1, 0.15) is 10.8 Å². The first-order chi connectivity index (χ1) is 6.43. The zero-order valence-corrected chi connectivity index (χ0v) is 9.77. The number of thiocarbonyl (C=S) groups is 1. The molecule has 14 heavy (non-hydrogen) atoms. The predicted octanol–water partition coefficient (Wildman–Crippen LogP) is 1.40.